The fourth-order valence-electron chi connectivity index (χ4n) is 2.23. The van der Waals surface area contributed by atoms with Gasteiger partial charge in [0.05, 0.1) is 12.8 Å². The fraction of sp³-hybridized carbons (Fsp3) is 0.294. The Labute approximate surface area is 135 Å². The number of benzene rings is 1. The molecule has 1 aromatic carbocycles. The monoisotopic (exact) mass is 312 g/mol. The zero-order valence-electron chi connectivity index (χ0n) is 13.0. The van der Waals surface area contributed by atoms with E-state index in [0.717, 1.165) is 5.56 Å². The van der Waals surface area contributed by atoms with Gasteiger partial charge in [0.25, 0.3) is 5.91 Å². The van der Waals surface area contributed by atoms with Crippen LogP contribution in [-0.4, -0.2) is 29.9 Å². The minimum absolute atomic E-state index is 0.268. The van der Waals surface area contributed by atoms with E-state index in [-0.39, 0.29) is 11.7 Å². The summed E-state index contributed by atoms with van der Waals surface area (Å²) in [6.45, 7) is 0.523. The molecule has 1 aliphatic carbocycles. The Morgan fingerprint density at radius 3 is 2.70 bits per heavy atom. The van der Waals surface area contributed by atoms with Gasteiger partial charge >= 0.3 is 0 Å². The molecular formula is C17H20N4O2. The van der Waals surface area contributed by atoms with E-state index in [1.165, 1.54) is 19.1 Å². The Kier molecular flexibility index (Phi) is 4.32. The molecule has 1 amide bonds. The van der Waals surface area contributed by atoms with Crippen LogP contribution < -0.4 is 11.1 Å². The SMILES string of the molecule is CN(C(N)=NCc1ccc(NC(=O)c2ccco2)cc1)C1CC1. The van der Waals surface area contributed by atoms with Crippen LogP contribution in [0.25, 0.3) is 0 Å². The number of hydrogen-bond donors (Lipinski definition) is 2. The van der Waals surface area contributed by atoms with Crippen LogP contribution in [0.3, 0.4) is 0 Å². The van der Waals surface area contributed by atoms with Gasteiger partial charge in [0, 0.05) is 18.8 Å². The standard InChI is InChI=1S/C17H20N4O2/c1-21(14-8-9-14)17(18)19-11-12-4-6-13(7-5-12)20-16(22)15-3-2-10-23-15/h2-7,10,14H,8-9,11H2,1H3,(H2,18,19)(H,20,22). The highest BCUT2D eigenvalue weighted by Gasteiger charge is 2.27. The third-order valence-electron chi connectivity index (χ3n) is 3.84. The van der Waals surface area contributed by atoms with Crippen LogP contribution in [-0.2, 0) is 6.54 Å². The van der Waals surface area contributed by atoms with Crippen LogP contribution in [0.15, 0.2) is 52.1 Å². The van der Waals surface area contributed by atoms with E-state index < -0.39 is 0 Å². The lowest BCUT2D eigenvalue weighted by Gasteiger charge is -2.16. The summed E-state index contributed by atoms with van der Waals surface area (Å²) in [5.74, 6) is 0.591. The van der Waals surface area contributed by atoms with E-state index in [1.54, 1.807) is 12.1 Å². The van der Waals surface area contributed by atoms with Gasteiger partial charge in [-0.25, -0.2) is 4.99 Å². The topological polar surface area (TPSA) is 83.9 Å². The van der Waals surface area contributed by atoms with Crippen LogP contribution in [0, 0.1) is 0 Å². The molecule has 0 saturated heterocycles. The molecule has 0 atom stereocenters. The molecule has 0 bridgehead atoms. The van der Waals surface area contributed by atoms with Crippen molar-refractivity contribution < 1.29 is 9.21 Å². The van der Waals surface area contributed by atoms with Crippen molar-refractivity contribution in [1.29, 1.82) is 0 Å². The molecule has 1 aromatic heterocycles. The molecule has 0 radical (unpaired) electrons. The smallest absolute Gasteiger partial charge is 0.291 e. The Balaban J connectivity index is 1.56. The third kappa shape index (κ3) is 3.91. The quantitative estimate of drug-likeness (QED) is 0.656. The summed E-state index contributed by atoms with van der Waals surface area (Å²) >= 11 is 0. The maximum Gasteiger partial charge on any atom is 0.291 e. The number of hydrogen-bond acceptors (Lipinski definition) is 3. The summed E-state index contributed by atoms with van der Waals surface area (Å²) in [4.78, 5) is 18.3. The van der Waals surface area contributed by atoms with Crippen molar-refractivity contribution >= 4 is 17.6 Å². The van der Waals surface area contributed by atoms with Crippen molar-refractivity contribution in [3.63, 3.8) is 0 Å². The lowest BCUT2D eigenvalue weighted by molar-refractivity contribution is 0.0996. The molecule has 3 rings (SSSR count). The number of rotatable bonds is 5. The molecule has 2 aromatic rings. The summed E-state index contributed by atoms with van der Waals surface area (Å²) < 4.78 is 5.05. The van der Waals surface area contributed by atoms with Crippen molar-refractivity contribution in [3.05, 3.63) is 54.0 Å². The zero-order chi connectivity index (χ0) is 16.2. The molecule has 1 fully saturated rings. The largest absolute Gasteiger partial charge is 0.459 e. The van der Waals surface area contributed by atoms with Crippen molar-refractivity contribution in [3.8, 4) is 0 Å². The summed E-state index contributed by atoms with van der Waals surface area (Å²) in [7, 11) is 1.98. The first kappa shape index (κ1) is 15.1. The lowest BCUT2D eigenvalue weighted by Crippen LogP contribution is -2.35. The van der Waals surface area contributed by atoms with Gasteiger partial charge in [-0.15, -0.1) is 0 Å². The van der Waals surface area contributed by atoms with Gasteiger partial charge in [-0.1, -0.05) is 12.1 Å². The van der Waals surface area contributed by atoms with Crippen LogP contribution in [0.4, 0.5) is 5.69 Å². The first-order chi connectivity index (χ1) is 11.1. The van der Waals surface area contributed by atoms with Crippen LogP contribution >= 0.6 is 0 Å². The summed E-state index contributed by atoms with van der Waals surface area (Å²) in [5.41, 5.74) is 7.71. The third-order valence-corrected chi connectivity index (χ3v) is 3.84. The highest BCUT2D eigenvalue weighted by atomic mass is 16.3. The second kappa shape index (κ2) is 6.56. The normalized spacial score (nSPS) is 14.6. The predicted octanol–water partition coefficient (Wildman–Crippen LogP) is 2.44. The molecule has 1 aliphatic rings. The van der Waals surface area contributed by atoms with Crippen LogP contribution in [0.1, 0.15) is 29.0 Å². The molecular weight excluding hydrogens is 292 g/mol. The van der Waals surface area contributed by atoms with E-state index >= 15 is 0 Å². The Morgan fingerprint density at radius 2 is 2.09 bits per heavy atom. The minimum Gasteiger partial charge on any atom is -0.459 e. The maximum atomic E-state index is 11.9. The van der Waals surface area contributed by atoms with Gasteiger partial charge in [-0.05, 0) is 42.7 Å². The number of furan rings is 1. The summed E-state index contributed by atoms with van der Waals surface area (Å²) in [6.07, 6.45) is 3.85. The minimum atomic E-state index is -0.268. The molecule has 120 valence electrons. The van der Waals surface area contributed by atoms with Crippen LogP contribution in [0.5, 0.6) is 0 Å². The highest BCUT2D eigenvalue weighted by molar-refractivity contribution is 6.02. The molecule has 1 saturated carbocycles. The number of anilines is 1. The Hall–Kier alpha value is -2.76. The van der Waals surface area contributed by atoms with E-state index in [0.29, 0.717) is 24.2 Å². The van der Waals surface area contributed by atoms with Gasteiger partial charge in [-0.3, -0.25) is 4.79 Å². The molecule has 6 heteroatoms. The fourth-order valence-corrected chi connectivity index (χ4v) is 2.23. The molecule has 3 N–H and O–H groups in total. The van der Waals surface area contributed by atoms with E-state index in [9.17, 15) is 4.79 Å². The molecule has 0 spiro atoms. The van der Waals surface area contributed by atoms with Crippen molar-refractivity contribution in [2.45, 2.75) is 25.4 Å². The zero-order valence-corrected chi connectivity index (χ0v) is 13.0. The number of aliphatic imine (C=N–C) groups is 1. The van der Waals surface area contributed by atoms with Crippen molar-refractivity contribution in [1.82, 2.24) is 4.90 Å². The molecule has 1 heterocycles. The van der Waals surface area contributed by atoms with E-state index in [1.807, 2.05) is 36.2 Å². The number of nitrogens with two attached hydrogens (primary N) is 1. The molecule has 0 unspecified atom stereocenters. The van der Waals surface area contributed by atoms with Crippen LogP contribution in [0.2, 0.25) is 0 Å². The van der Waals surface area contributed by atoms with Gasteiger partial charge in [0.2, 0.25) is 0 Å². The summed E-state index contributed by atoms with van der Waals surface area (Å²) in [6, 6.07) is 11.4. The first-order valence-corrected chi connectivity index (χ1v) is 7.60. The van der Waals surface area contributed by atoms with Gasteiger partial charge < -0.3 is 20.4 Å². The maximum absolute atomic E-state index is 11.9. The van der Waals surface area contributed by atoms with Gasteiger partial charge in [-0.2, -0.15) is 0 Å². The van der Waals surface area contributed by atoms with Gasteiger partial charge in [0.1, 0.15) is 0 Å². The van der Waals surface area contributed by atoms with Crippen molar-refractivity contribution in [2.24, 2.45) is 10.7 Å². The predicted molar refractivity (Wildman–Crippen MR) is 89.2 cm³/mol. The Morgan fingerprint density at radius 1 is 1.35 bits per heavy atom. The molecule has 0 aliphatic heterocycles. The molecule has 6 nitrogen and oxygen atoms in total. The number of amides is 1. The number of guanidine groups is 1. The van der Waals surface area contributed by atoms with Gasteiger partial charge in [0.15, 0.2) is 11.7 Å². The second-order valence-electron chi connectivity index (χ2n) is 5.64. The average Bonchev–Trinajstić information content (AvgIpc) is 3.27. The second-order valence-corrected chi connectivity index (χ2v) is 5.64. The van der Waals surface area contributed by atoms with Crippen molar-refractivity contribution in [2.75, 3.05) is 12.4 Å². The lowest BCUT2D eigenvalue weighted by atomic mass is 10.2. The average molecular weight is 312 g/mol. The number of nitrogens with one attached hydrogen (secondary N) is 1. The highest BCUT2D eigenvalue weighted by Crippen LogP contribution is 2.25. The summed E-state index contributed by atoms with van der Waals surface area (Å²) in [5, 5.41) is 2.78. The van der Waals surface area contributed by atoms with E-state index in [2.05, 4.69) is 10.3 Å². The number of carbonyl (C=O) groups is 1. The molecule has 23 heavy (non-hydrogen) atoms. The first-order valence-electron chi connectivity index (χ1n) is 7.60. The van der Waals surface area contributed by atoms with E-state index in [4.69, 9.17) is 10.2 Å². The number of nitrogens with zero attached hydrogens (tertiary/aromatic N) is 2. The number of carbonyl (C=O) groups excluding carboxylic acids is 1. The Bertz CT molecular complexity index is 688.